The topological polar surface area (TPSA) is 91.4 Å². The number of nitrogens with one attached hydrogen (secondary N) is 2. The van der Waals surface area contributed by atoms with E-state index in [9.17, 15) is 4.79 Å². The SMILES string of the molecule is CCC(CC(C)N(C)CC)Oc1ccc(C(=N)c2cc(C(=O)NC(c3ccccc3Cl)C(C)C)ccc2N)cc1. The molecule has 3 aromatic carbocycles. The molecule has 6 nitrogen and oxygen atoms in total. The van der Waals surface area contributed by atoms with Crippen LogP contribution in [0.2, 0.25) is 5.02 Å². The third-order valence-corrected chi connectivity index (χ3v) is 7.88. The molecule has 0 aromatic heterocycles. The second-order valence-electron chi connectivity index (χ2n) is 10.7. The molecule has 0 heterocycles. The summed E-state index contributed by atoms with van der Waals surface area (Å²) in [5.41, 5.74) is 9.45. The molecule has 3 atom stereocenters. The highest BCUT2D eigenvalue weighted by atomic mass is 35.5. The molecule has 0 fully saturated rings. The fourth-order valence-electron chi connectivity index (χ4n) is 4.69. The van der Waals surface area contributed by atoms with Gasteiger partial charge in [-0.25, -0.2) is 0 Å². The van der Waals surface area contributed by atoms with Crippen LogP contribution >= 0.6 is 11.6 Å². The molecule has 0 aliphatic rings. The molecule has 3 aromatic rings. The van der Waals surface area contributed by atoms with E-state index in [2.05, 4.69) is 38.0 Å². The molecule has 0 spiro atoms. The van der Waals surface area contributed by atoms with E-state index in [1.165, 1.54) is 0 Å². The number of carbonyl (C=O) groups is 1. The minimum atomic E-state index is -0.258. The van der Waals surface area contributed by atoms with Gasteiger partial charge in [0.25, 0.3) is 5.91 Å². The van der Waals surface area contributed by atoms with Crippen molar-refractivity contribution >= 4 is 28.9 Å². The Labute approximate surface area is 244 Å². The number of nitrogen functional groups attached to an aromatic ring is 1. The van der Waals surface area contributed by atoms with Crippen LogP contribution < -0.4 is 15.8 Å². The molecule has 0 aliphatic heterocycles. The Bertz CT molecular complexity index is 1290. The number of nitrogens with zero attached hydrogens (tertiary/aromatic N) is 1. The number of hydrogen-bond donors (Lipinski definition) is 3. The first kappa shape index (κ1) is 31.2. The Kier molecular flexibility index (Phi) is 11.2. The quantitative estimate of drug-likeness (QED) is 0.150. The third kappa shape index (κ3) is 7.86. The van der Waals surface area contributed by atoms with Crippen LogP contribution in [0.25, 0.3) is 0 Å². The first-order chi connectivity index (χ1) is 19.0. The molecule has 3 unspecified atom stereocenters. The minimum absolute atomic E-state index is 0.112. The van der Waals surface area contributed by atoms with E-state index < -0.39 is 0 Å². The molecule has 0 saturated heterocycles. The van der Waals surface area contributed by atoms with Crippen molar-refractivity contribution in [2.75, 3.05) is 19.3 Å². The van der Waals surface area contributed by atoms with Crippen molar-refractivity contribution in [2.45, 2.75) is 65.6 Å². The van der Waals surface area contributed by atoms with E-state index in [1.807, 2.05) is 62.4 Å². The fourth-order valence-corrected chi connectivity index (χ4v) is 4.94. The molecule has 0 aliphatic carbocycles. The maximum absolute atomic E-state index is 13.3. The predicted molar refractivity (Wildman–Crippen MR) is 167 cm³/mol. The zero-order valence-corrected chi connectivity index (χ0v) is 25.3. The van der Waals surface area contributed by atoms with Gasteiger partial charge in [-0.1, -0.05) is 57.5 Å². The van der Waals surface area contributed by atoms with Gasteiger partial charge in [0.1, 0.15) is 5.75 Å². The second kappa shape index (κ2) is 14.3. The minimum Gasteiger partial charge on any atom is -0.490 e. The van der Waals surface area contributed by atoms with Gasteiger partial charge in [-0.2, -0.15) is 0 Å². The summed E-state index contributed by atoms with van der Waals surface area (Å²) in [6.45, 7) is 11.6. The van der Waals surface area contributed by atoms with Crippen molar-refractivity contribution in [3.8, 4) is 5.75 Å². The van der Waals surface area contributed by atoms with Crippen molar-refractivity contribution in [1.82, 2.24) is 10.2 Å². The molecule has 3 rings (SSSR count). The second-order valence-corrected chi connectivity index (χ2v) is 11.1. The molecular weight excluding hydrogens is 520 g/mol. The molecule has 0 bridgehead atoms. The van der Waals surface area contributed by atoms with Crippen LogP contribution in [0.1, 0.15) is 80.6 Å². The van der Waals surface area contributed by atoms with Crippen molar-refractivity contribution in [1.29, 1.82) is 5.41 Å². The maximum atomic E-state index is 13.3. The number of ether oxygens (including phenoxy) is 1. The number of carbonyl (C=O) groups excluding carboxylic acids is 1. The first-order valence-corrected chi connectivity index (χ1v) is 14.4. The highest BCUT2D eigenvalue weighted by molar-refractivity contribution is 6.31. The average molecular weight is 563 g/mol. The standard InChI is InChI=1S/C33H43ClN4O2/c1-7-25(19-22(5)38(6)8-2)40-26-16-13-23(14-17-26)31(36)28-20-24(15-18-30(28)35)33(39)37-32(21(3)4)27-11-9-10-12-29(27)34/h9-18,20-22,25,32,36H,7-8,19,35H2,1-6H3,(H,37,39). The van der Waals surface area contributed by atoms with Crippen molar-refractivity contribution in [3.63, 3.8) is 0 Å². The molecule has 4 N–H and O–H groups in total. The Morgan fingerprint density at radius 1 is 1.02 bits per heavy atom. The summed E-state index contributed by atoms with van der Waals surface area (Å²) in [5.74, 6) is 0.652. The summed E-state index contributed by atoms with van der Waals surface area (Å²) in [4.78, 5) is 15.6. The lowest BCUT2D eigenvalue weighted by Crippen LogP contribution is -2.33. The zero-order valence-electron chi connectivity index (χ0n) is 24.5. The van der Waals surface area contributed by atoms with Gasteiger partial charge in [-0.15, -0.1) is 0 Å². The van der Waals surface area contributed by atoms with Crippen molar-refractivity contribution < 1.29 is 9.53 Å². The smallest absolute Gasteiger partial charge is 0.251 e. The van der Waals surface area contributed by atoms with Gasteiger partial charge in [-0.05, 0) is 93.4 Å². The van der Waals surface area contributed by atoms with Crippen LogP contribution in [0.5, 0.6) is 5.75 Å². The number of nitrogens with two attached hydrogens (primary N) is 1. The summed E-state index contributed by atoms with van der Waals surface area (Å²) in [6.07, 6.45) is 1.97. The van der Waals surface area contributed by atoms with E-state index in [4.69, 9.17) is 27.5 Å². The monoisotopic (exact) mass is 562 g/mol. The third-order valence-electron chi connectivity index (χ3n) is 7.53. The molecule has 1 amide bonds. The van der Waals surface area contributed by atoms with Crippen LogP contribution in [0.4, 0.5) is 5.69 Å². The number of rotatable bonds is 13. The van der Waals surface area contributed by atoms with Gasteiger partial charge < -0.3 is 20.7 Å². The number of benzene rings is 3. The van der Waals surface area contributed by atoms with Crippen LogP contribution in [0.3, 0.4) is 0 Å². The van der Waals surface area contributed by atoms with Crippen LogP contribution in [0.15, 0.2) is 66.7 Å². The van der Waals surface area contributed by atoms with Crippen molar-refractivity contribution in [3.05, 3.63) is 94.0 Å². The number of anilines is 1. The summed E-state index contributed by atoms with van der Waals surface area (Å²) < 4.78 is 6.26. The number of halogens is 1. The maximum Gasteiger partial charge on any atom is 0.251 e. The molecule has 0 radical (unpaired) electrons. The first-order valence-electron chi connectivity index (χ1n) is 14.1. The van der Waals surface area contributed by atoms with Gasteiger partial charge in [0.05, 0.1) is 17.9 Å². The predicted octanol–water partition coefficient (Wildman–Crippen LogP) is 7.35. The van der Waals surface area contributed by atoms with E-state index in [0.29, 0.717) is 33.4 Å². The van der Waals surface area contributed by atoms with Gasteiger partial charge >= 0.3 is 0 Å². The average Bonchev–Trinajstić information content (AvgIpc) is 2.95. The lowest BCUT2D eigenvalue weighted by molar-refractivity contribution is 0.0925. The van der Waals surface area contributed by atoms with Gasteiger partial charge in [-0.3, -0.25) is 10.2 Å². The lowest BCUT2D eigenvalue weighted by Gasteiger charge is -2.27. The van der Waals surface area contributed by atoms with Crippen LogP contribution in [0, 0.1) is 11.3 Å². The lowest BCUT2D eigenvalue weighted by atomic mass is 9.95. The number of hydrogen-bond acceptors (Lipinski definition) is 5. The summed E-state index contributed by atoms with van der Waals surface area (Å²) in [6, 6.07) is 20.3. The van der Waals surface area contributed by atoms with Gasteiger partial charge in [0, 0.05) is 33.4 Å². The largest absolute Gasteiger partial charge is 0.490 e. The Morgan fingerprint density at radius 2 is 1.68 bits per heavy atom. The highest BCUT2D eigenvalue weighted by Crippen LogP contribution is 2.29. The summed E-state index contributed by atoms with van der Waals surface area (Å²) in [5, 5.41) is 12.6. The fraction of sp³-hybridized carbons (Fsp3) is 0.394. The zero-order chi connectivity index (χ0) is 29.4. The molecule has 7 heteroatoms. The molecule has 40 heavy (non-hydrogen) atoms. The molecule has 214 valence electrons. The Hall–Kier alpha value is -3.35. The van der Waals surface area contributed by atoms with Gasteiger partial charge in [0.15, 0.2) is 0 Å². The van der Waals surface area contributed by atoms with E-state index >= 15 is 0 Å². The normalized spacial score (nSPS) is 13.6. The molecule has 0 saturated carbocycles. The van der Waals surface area contributed by atoms with E-state index in [1.54, 1.807) is 18.2 Å². The van der Waals surface area contributed by atoms with E-state index in [-0.39, 0.29) is 29.7 Å². The molecular formula is C33H43ClN4O2. The highest BCUT2D eigenvalue weighted by Gasteiger charge is 2.22. The van der Waals surface area contributed by atoms with E-state index in [0.717, 1.165) is 30.7 Å². The summed E-state index contributed by atoms with van der Waals surface area (Å²) in [7, 11) is 2.13. The summed E-state index contributed by atoms with van der Waals surface area (Å²) >= 11 is 6.43. The van der Waals surface area contributed by atoms with Crippen molar-refractivity contribution in [2.24, 2.45) is 5.92 Å². The Morgan fingerprint density at radius 3 is 2.27 bits per heavy atom. The number of amides is 1. The van der Waals surface area contributed by atoms with Crippen LogP contribution in [-0.2, 0) is 0 Å². The van der Waals surface area contributed by atoms with Crippen LogP contribution in [-0.4, -0.2) is 42.3 Å². The van der Waals surface area contributed by atoms with Gasteiger partial charge in [0.2, 0.25) is 0 Å². The Balaban J connectivity index is 1.75.